The zero-order valence-corrected chi connectivity index (χ0v) is 38.8. The number of piperidine rings is 3. The number of hydrogen-bond donors (Lipinski definition) is 3. The van der Waals surface area contributed by atoms with E-state index in [1.54, 1.807) is 29.0 Å². The average Bonchev–Trinajstić information content (AvgIpc) is 3.60. The Labute approximate surface area is 387 Å². The van der Waals surface area contributed by atoms with E-state index in [0.717, 1.165) is 69.2 Å². The number of hydrogen-bond acceptors (Lipinski definition) is 12. The Morgan fingerprint density at radius 3 is 2.50 bits per heavy atom. The fourth-order valence-electron chi connectivity index (χ4n) is 10.6. The van der Waals surface area contributed by atoms with E-state index in [2.05, 4.69) is 44.6 Å². The lowest BCUT2D eigenvalue weighted by molar-refractivity contribution is -0.137. The first kappa shape index (κ1) is 45.5. The number of halogens is 2. The minimum atomic E-state index is -0.782. The predicted molar refractivity (Wildman–Crippen MR) is 247 cm³/mol. The molecule has 2 atom stereocenters. The number of fused-ring (bicyclic) bond motifs is 2. The van der Waals surface area contributed by atoms with E-state index >= 15 is 4.39 Å². The van der Waals surface area contributed by atoms with Crippen molar-refractivity contribution in [3.05, 3.63) is 80.5 Å². The zero-order valence-electron chi connectivity index (χ0n) is 38.0. The highest BCUT2D eigenvalue weighted by Crippen LogP contribution is 2.47. The summed E-state index contributed by atoms with van der Waals surface area (Å²) < 4.78 is 30.2. The first-order valence-corrected chi connectivity index (χ1v) is 23.4. The molecule has 3 N–H and O–H groups in total. The Kier molecular flexibility index (Phi) is 12.6. The van der Waals surface area contributed by atoms with Gasteiger partial charge in [-0.15, -0.1) is 0 Å². The number of nitrogens with zero attached hydrogens (tertiary/aromatic N) is 6. The van der Waals surface area contributed by atoms with Gasteiger partial charge in [0.2, 0.25) is 17.8 Å². The van der Waals surface area contributed by atoms with Crippen LogP contribution in [0, 0.1) is 11.2 Å². The molecule has 0 bridgehead atoms. The van der Waals surface area contributed by atoms with Gasteiger partial charge in [0, 0.05) is 67.4 Å². The summed E-state index contributed by atoms with van der Waals surface area (Å²) in [6.07, 6.45) is 6.68. The average molecular weight is 926 g/mol. The normalized spacial score (nSPS) is 23.5. The first-order chi connectivity index (χ1) is 31.6. The van der Waals surface area contributed by atoms with Crippen LogP contribution in [0.2, 0.25) is 5.02 Å². The predicted octanol–water partition coefficient (Wildman–Crippen LogP) is 5.83. The number of imide groups is 1. The number of nitrogens with one attached hydrogen (secondary N) is 3. The second-order valence-corrected chi connectivity index (χ2v) is 19.7. The number of carbonyl (C=O) groups excluding carboxylic acids is 4. The van der Waals surface area contributed by atoms with Gasteiger partial charge >= 0.3 is 0 Å². The van der Waals surface area contributed by atoms with E-state index in [1.165, 1.54) is 11.9 Å². The number of aromatic nitrogens is 3. The molecule has 4 fully saturated rings. The third kappa shape index (κ3) is 8.84. The molecule has 4 aliphatic heterocycles. The quantitative estimate of drug-likeness (QED) is 0.145. The van der Waals surface area contributed by atoms with Gasteiger partial charge in [-0.1, -0.05) is 31.5 Å². The third-order valence-electron chi connectivity index (χ3n) is 14.2. The van der Waals surface area contributed by atoms with Crippen LogP contribution in [-0.2, 0) is 25.7 Å². The summed E-state index contributed by atoms with van der Waals surface area (Å²) in [4.78, 5) is 78.1. The first-order valence-electron chi connectivity index (χ1n) is 23.0. The van der Waals surface area contributed by atoms with E-state index < -0.39 is 11.9 Å². The van der Waals surface area contributed by atoms with Crippen LogP contribution in [-0.4, -0.2) is 112 Å². The minimum Gasteiger partial charge on any atom is -0.478 e. The van der Waals surface area contributed by atoms with Crippen LogP contribution in [0.15, 0.2) is 47.4 Å². The highest BCUT2D eigenvalue weighted by Gasteiger charge is 2.46. The van der Waals surface area contributed by atoms with Crippen molar-refractivity contribution in [2.45, 2.75) is 115 Å². The van der Waals surface area contributed by atoms with Crippen LogP contribution in [0.25, 0.3) is 10.9 Å². The summed E-state index contributed by atoms with van der Waals surface area (Å²) in [5.74, 6) is -0.846. The molecule has 5 aliphatic rings. The van der Waals surface area contributed by atoms with E-state index in [-0.39, 0.29) is 90.4 Å². The molecule has 350 valence electrons. The van der Waals surface area contributed by atoms with Gasteiger partial charge in [0.05, 0.1) is 30.5 Å². The molecule has 16 nitrogen and oxygen atoms in total. The fraction of sp³-hybridized carbons (Fsp3) is 0.521. The van der Waals surface area contributed by atoms with Crippen molar-refractivity contribution in [3.63, 3.8) is 0 Å². The van der Waals surface area contributed by atoms with Gasteiger partial charge in [0.15, 0.2) is 18.2 Å². The van der Waals surface area contributed by atoms with Crippen molar-refractivity contribution in [3.8, 4) is 5.75 Å². The molecule has 1 aliphatic carbocycles. The van der Waals surface area contributed by atoms with Gasteiger partial charge in [-0.05, 0) is 106 Å². The molecule has 6 heterocycles. The maximum absolute atomic E-state index is 16.3. The summed E-state index contributed by atoms with van der Waals surface area (Å²) >= 11 is 6.61. The van der Waals surface area contributed by atoms with Gasteiger partial charge in [-0.25, -0.2) is 9.37 Å². The maximum Gasteiger partial charge on any atom is 0.293 e. The van der Waals surface area contributed by atoms with Crippen molar-refractivity contribution in [2.75, 3.05) is 50.1 Å². The molecule has 1 saturated carbocycles. The molecule has 2 aromatic carbocycles. The highest BCUT2D eigenvalue weighted by atomic mass is 35.5. The Bertz CT molecular complexity index is 2640. The van der Waals surface area contributed by atoms with E-state index in [1.807, 2.05) is 32.0 Å². The Morgan fingerprint density at radius 1 is 1.02 bits per heavy atom. The summed E-state index contributed by atoms with van der Waals surface area (Å²) in [6.45, 7) is 11.1. The number of rotatable bonds is 12. The number of amides is 4. The number of likely N-dealkylation sites (N-methyl/N-ethyl adjacent to an activating group) is 1. The molecule has 3 saturated heterocycles. The SMILES string of the molecule is CNC(=O)COc1cc2cc(Nc3nc(N4CCC(O[C@H]5C[C@H](N6CC[C@H](c7ccc8c(c7F)CN(C7CCC(=O)NC7=O)C8=O)C(C)(C)C6)C5)CC4)ncc3Cl)ccc2n(C(C)C)c1=O. The largest absolute Gasteiger partial charge is 0.478 e. The van der Waals surface area contributed by atoms with Crippen LogP contribution < -0.4 is 31.1 Å². The Hall–Kier alpha value is -5.65. The summed E-state index contributed by atoms with van der Waals surface area (Å²) in [6, 6.07) is 10.2. The van der Waals surface area contributed by atoms with E-state index in [9.17, 15) is 24.0 Å². The van der Waals surface area contributed by atoms with Crippen LogP contribution in [0.1, 0.15) is 106 Å². The maximum atomic E-state index is 16.3. The molecule has 66 heavy (non-hydrogen) atoms. The Balaban J connectivity index is 0.767. The van der Waals surface area contributed by atoms with Gasteiger partial charge in [0.1, 0.15) is 16.9 Å². The molecule has 0 radical (unpaired) electrons. The second kappa shape index (κ2) is 18.2. The number of pyridine rings is 1. The standard InChI is InChI=1S/C48H57ClFN9O7/c1-26(2)59-37-9-6-28(18-27(37)19-39(46(59)64)65-24-41(61)51-5)53-43-36(49)22-52-47(55-43)56-15-12-30(13-16-56)66-31-20-29(21-31)57-17-14-35(48(3,4)25-57)33-8-7-32-34(42(33)50)23-58(45(32)63)38-10-11-40(60)54-44(38)62/h6-9,18-19,22,26,29-31,35,38H,10-17,20-21,23-25H2,1-5H3,(H,51,61)(H,52,53,55)(H,54,60,62)/t29-,31-,35-,38?/m1/s1. The molecule has 4 amide bonds. The zero-order chi connectivity index (χ0) is 46.6. The monoisotopic (exact) mass is 925 g/mol. The van der Waals surface area contributed by atoms with Crippen LogP contribution in [0.3, 0.4) is 0 Å². The van der Waals surface area contributed by atoms with Crippen LogP contribution in [0.5, 0.6) is 5.75 Å². The van der Waals surface area contributed by atoms with Crippen LogP contribution >= 0.6 is 11.6 Å². The number of ether oxygens (including phenoxy) is 2. The van der Waals surface area contributed by atoms with Crippen molar-refractivity contribution >= 4 is 63.6 Å². The van der Waals surface area contributed by atoms with E-state index in [0.29, 0.717) is 45.2 Å². The molecule has 1 unspecified atom stereocenters. The third-order valence-corrected chi connectivity index (χ3v) is 14.4. The van der Waals surface area contributed by atoms with Crippen molar-refractivity contribution in [1.82, 2.24) is 35.0 Å². The van der Waals surface area contributed by atoms with Crippen molar-refractivity contribution in [2.24, 2.45) is 5.41 Å². The van der Waals surface area contributed by atoms with Gasteiger partial charge in [0.25, 0.3) is 17.4 Å². The topological polar surface area (TPSA) is 180 Å². The molecule has 4 aromatic rings. The fourth-order valence-corrected chi connectivity index (χ4v) is 10.7. The molecule has 2 aromatic heterocycles. The molecule has 0 spiro atoms. The lowest BCUT2D eigenvalue weighted by Gasteiger charge is -2.51. The smallest absolute Gasteiger partial charge is 0.293 e. The number of likely N-dealkylation sites (tertiary alicyclic amines) is 1. The minimum absolute atomic E-state index is 0.0245. The van der Waals surface area contributed by atoms with Gasteiger partial charge in [-0.3, -0.25) is 34.2 Å². The van der Waals surface area contributed by atoms with Crippen LogP contribution in [0.4, 0.5) is 21.8 Å². The summed E-state index contributed by atoms with van der Waals surface area (Å²) in [5, 5.41) is 9.25. The van der Waals surface area contributed by atoms with E-state index in [4.69, 9.17) is 26.1 Å². The lowest BCUT2D eigenvalue weighted by Crippen LogP contribution is -2.55. The highest BCUT2D eigenvalue weighted by molar-refractivity contribution is 6.33. The summed E-state index contributed by atoms with van der Waals surface area (Å²) in [5.41, 5.74) is 2.16. The number of benzene rings is 2. The second-order valence-electron chi connectivity index (χ2n) is 19.3. The molecular formula is C48H57ClFN9O7. The molecular weight excluding hydrogens is 869 g/mol. The van der Waals surface area contributed by atoms with Gasteiger partial charge in [-0.2, -0.15) is 4.98 Å². The molecule has 18 heteroatoms. The lowest BCUT2D eigenvalue weighted by atomic mass is 9.69. The molecule has 9 rings (SSSR count). The Morgan fingerprint density at radius 2 is 1.79 bits per heavy atom. The van der Waals surface area contributed by atoms with Crippen molar-refractivity contribution in [1.29, 1.82) is 0 Å². The van der Waals surface area contributed by atoms with Crippen molar-refractivity contribution < 1.29 is 33.0 Å². The summed E-state index contributed by atoms with van der Waals surface area (Å²) in [7, 11) is 1.51. The van der Waals surface area contributed by atoms with Gasteiger partial charge < -0.3 is 34.5 Å². The number of anilines is 3. The number of carbonyl (C=O) groups is 4.